The minimum Gasteiger partial charge on any atom is -0.366 e. The zero-order valence-corrected chi connectivity index (χ0v) is 8.59. The van der Waals surface area contributed by atoms with E-state index in [1.807, 2.05) is 0 Å². The van der Waals surface area contributed by atoms with E-state index in [4.69, 9.17) is 11.6 Å². The number of nitrogens with one attached hydrogen (secondary N) is 1. The summed E-state index contributed by atoms with van der Waals surface area (Å²) in [4.78, 5) is 8.57. The highest BCUT2D eigenvalue weighted by Gasteiger charge is 2.27. The second kappa shape index (κ2) is 3.96. The summed E-state index contributed by atoms with van der Waals surface area (Å²) in [5, 5.41) is 3.61. The molecule has 3 nitrogen and oxygen atoms in total. The monoisotopic (exact) mass is 209 g/mol. The van der Waals surface area contributed by atoms with E-state index >= 15 is 0 Å². The molecule has 0 aliphatic heterocycles. The van der Waals surface area contributed by atoms with Crippen molar-refractivity contribution in [3.05, 3.63) is 29.7 Å². The van der Waals surface area contributed by atoms with Crippen molar-refractivity contribution in [3.8, 4) is 0 Å². The molecule has 0 atom stereocenters. The third kappa shape index (κ3) is 2.23. The van der Waals surface area contributed by atoms with Crippen LogP contribution in [0.3, 0.4) is 0 Å². The van der Waals surface area contributed by atoms with Gasteiger partial charge in [0.15, 0.2) is 0 Å². The zero-order valence-electron chi connectivity index (χ0n) is 7.83. The van der Waals surface area contributed by atoms with Crippen LogP contribution < -0.4 is 5.32 Å². The van der Waals surface area contributed by atoms with Gasteiger partial charge in [-0.05, 0) is 12.8 Å². The Kier molecular flexibility index (Phi) is 2.68. The highest BCUT2D eigenvalue weighted by atomic mass is 35.5. The van der Waals surface area contributed by atoms with E-state index in [1.54, 1.807) is 12.1 Å². The van der Waals surface area contributed by atoms with Gasteiger partial charge >= 0.3 is 0 Å². The molecule has 1 aliphatic carbocycles. The molecule has 4 heteroatoms. The average Bonchev–Trinajstić information content (AvgIpc) is 2.97. The lowest BCUT2D eigenvalue weighted by Gasteiger charge is -2.04. The van der Waals surface area contributed by atoms with Crippen LogP contribution >= 0.6 is 11.6 Å². The first-order chi connectivity index (χ1) is 6.79. The van der Waals surface area contributed by atoms with Gasteiger partial charge in [0.05, 0.1) is 0 Å². The van der Waals surface area contributed by atoms with E-state index in [0.29, 0.717) is 17.6 Å². The van der Waals surface area contributed by atoms with E-state index in [0.717, 1.165) is 11.6 Å². The molecule has 2 rings (SSSR count). The van der Waals surface area contributed by atoms with Crippen molar-refractivity contribution in [2.45, 2.75) is 18.8 Å². The first kappa shape index (κ1) is 9.46. The predicted octanol–water partition coefficient (Wildman–Crippen LogP) is 2.61. The SMILES string of the molecule is C=CCNc1cc(Cl)nc(C2CC2)n1. The molecule has 0 saturated heterocycles. The fraction of sp³-hybridized carbons (Fsp3) is 0.400. The second-order valence-electron chi connectivity index (χ2n) is 3.38. The smallest absolute Gasteiger partial charge is 0.135 e. The van der Waals surface area contributed by atoms with Gasteiger partial charge in [-0.25, -0.2) is 9.97 Å². The Balaban J connectivity index is 2.17. The maximum atomic E-state index is 5.88. The first-order valence-corrected chi connectivity index (χ1v) is 5.06. The second-order valence-corrected chi connectivity index (χ2v) is 3.77. The summed E-state index contributed by atoms with van der Waals surface area (Å²) in [6, 6.07) is 1.73. The standard InChI is InChI=1S/C10H12ClN3/c1-2-5-12-9-6-8(11)13-10(14-9)7-3-4-7/h2,6-7H,1,3-5H2,(H,12,13,14). The fourth-order valence-corrected chi connectivity index (χ4v) is 1.42. The van der Waals surface area contributed by atoms with Gasteiger partial charge in [-0.1, -0.05) is 17.7 Å². The summed E-state index contributed by atoms with van der Waals surface area (Å²) < 4.78 is 0. The molecule has 0 bridgehead atoms. The molecule has 1 aromatic heterocycles. The predicted molar refractivity (Wildman–Crippen MR) is 57.7 cm³/mol. The first-order valence-electron chi connectivity index (χ1n) is 4.69. The van der Waals surface area contributed by atoms with Crippen LogP contribution in [-0.2, 0) is 0 Å². The van der Waals surface area contributed by atoms with Gasteiger partial charge in [-0.3, -0.25) is 0 Å². The molecule has 74 valence electrons. The summed E-state index contributed by atoms with van der Waals surface area (Å²) >= 11 is 5.88. The Morgan fingerprint density at radius 1 is 1.57 bits per heavy atom. The van der Waals surface area contributed by atoms with Crippen LogP contribution in [0, 0.1) is 0 Å². The number of aromatic nitrogens is 2. The summed E-state index contributed by atoms with van der Waals surface area (Å²) in [5.74, 6) is 2.17. The Morgan fingerprint density at radius 2 is 2.36 bits per heavy atom. The lowest BCUT2D eigenvalue weighted by molar-refractivity contribution is 0.926. The molecule has 14 heavy (non-hydrogen) atoms. The lowest BCUT2D eigenvalue weighted by atomic mass is 10.4. The fourth-order valence-electron chi connectivity index (χ4n) is 1.23. The molecular formula is C10H12ClN3. The van der Waals surface area contributed by atoms with Crippen molar-refractivity contribution < 1.29 is 0 Å². The Hall–Kier alpha value is -1.09. The molecule has 1 N–H and O–H groups in total. The molecule has 1 aliphatic rings. The molecule has 0 unspecified atom stereocenters. The van der Waals surface area contributed by atoms with Gasteiger partial charge in [-0.15, -0.1) is 6.58 Å². The Labute approximate surface area is 88.2 Å². The van der Waals surface area contributed by atoms with Crippen LogP contribution in [0.2, 0.25) is 5.15 Å². The highest BCUT2D eigenvalue weighted by molar-refractivity contribution is 6.29. The maximum Gasteiger partial charge on any atom is 0.135 e. The summed E-state index contributed by atoms with van der Waals surface area (Å²) in [6.07, 6.45) is 4.15. The largest absolute Gasteiger partial charge is 0.366 e. The maximum absolute atomic E-state index is 5.88. The molecule has 1 heterocycles. The number of hydrogen-bond donors (Lipinski definition) is 1. The van der Waals surface area contributed by atoms with E-state index in [9.17, 15) is 0 Å². The van der Waals surface area contributed by atoms with Gasteiger partial charge in [0, 0.05) is 18.5 Å². The normalized spacial score (nSPS) is 15.2. The van der Waals surface area contributed by atoms with Crippen molar-refractivity contribution in [3.63, 3.8) is 0 Å². The quantitative estimate of drug-likeness (QED) is 0.612. The summed E-state index contributed by atoms with van der Waals surface area (Å²) in [7, 11) is 0. The molecule has 0 aromatic carbocycles. The van der Waals surface area contributed by atoms with Crippen LogP contribution in [0.5, 0.6) is 0 Å². The number of halogens is 1. The van der Waals surface area contributed by atoms with Crippen LogP contribution in [-0.4, -0.2) is 16.5 Å². The van der Waals surface area contributed by atoms with Crippen LogP contribution in [0.15, 0.2) is 18.7 Å². The minimum absolute atomic E-state index is 0.508. The van der Waals surface area contributed by atoms with Crippen molar-refractivity contribution in [1.29, 1.82) is 0 Å². The number of nitrogens with zero attached hydrogens (tertiary/aromatic N) is 2. The van der Waals surface area contributed by atoms with Gasteiger partial charge < -0.3 is 5.32 Å². The molecule has 1 saturated carbocycles. The van der Waals surface area contributed by atoms with Gasteiger partial charge in [-0.2, -0.15) is 0 Å². The zero-order chi connectivity index (χ0) is 9.97. The molecule has 0 spiro atoms. The minimum atomic E-state index is 0.508. The third-order valence-corrected chi connectivity index (χ3v) is 2.28. The summed E-state index contributed by atoms with van der Waals surface area (Å²) in [6.45, 7) is 4.32. The third-order valence-electron chi connectivity index (χ3n) is 2.08. The van der Waals surface area contributed by atoms with Crippen molar-refractivity contribution >= 4 is 17.4 Å². The van der Waals surface area contributed by atoms with Gasteiger partial charge in [0.2, 0.25) is 0 Å². The Morgan fingerprint density at radius 3 is 3.00 bits per heavy atom. The van der Waals surface area contributed by atoms with E-state index in [-0.39, 0.29) is 0 Å². The Bertz CT molecular complexity index is 347. The highest BCUT2D eigenvalue weighted by Crippen LogP contribution is 2.38. The van der Waals surface area contributed by atoms with E-state index in [1.165, 1.54) is 12.8 Å². The number of rotatable bonds is 4. The molecule has 0 amide bonds. The average molecular weight is 210 g/mol. The van der Waals surface area contributed by atoms with E-state index < -0.39 is 0 Å². The van der Waals surface area contributed by atoms with Crippen molar-refractivity contribution in [2.75, 3.05) is 11.9 Å². The number of hydrogen-bond acceptors (Lipinski definition) is 3. The molecule has 1 fully saturated rings. The number of anilines is 1. The topological polar surface area (TPSA) is 37.8 Å². The van der Waals surface area contributed by atoms with Crippen LogP contribution in [0.1, 0.15) is 24.6 Å². The summed E-state index contributed by atoms with van der Waals surface area (Å²) in [5.41, 5.74) is 0. The molecule has 1 aromatic rings. The van der Waals surface area contributed by atoms with Crippen LogP contribution in [0.4, 0.5) is 5.82 Å². The van der Waals surface area contributed by atoms with Crippen LogP contribution in [0.25, 0.3) is 0 Å². The van der Waals surface area contributed by atoms with Crippen molar-refractivity contribution in [2.24, 2.45) is 0 Å². The van der Waals surface area contributed by atoms with Crippen molar-refractivity contribution in [1.82, 2.24) is 9.97 Å². The van der Waals surface area contributed by atoms with E-state index in [2.05, 4.69) is 21.9 Å². The molecule has 0 radical (unpaired) electrons. The molecular weight excluding hydrogens is 198 g/mol. The van der Waals surface area contributed by atoms with Gasteiger partial charge in [0.25, 0.3) is 0 Å². The van der Waals surface area contributed by atoms with Gasteiger partial charge in [0.1, 0.15) is 16.8 Å². The lowest BCUT2D eigenvalue weighted by Crippen LogP contribution is -2.03.